The molecule has 0 saturated heterocycles. The Bertz CT molecular complexity index is 620. The molecule has 0 fully saturated rings. The van der Waals surface area contributed by atoms with Gasteiger partial charge in [-0.15, -0.1) is 0 Å². The first kappa shape index (κ1) is 10.5. The van der Waals surface area contributed by atoms with E-state index < -0.39 is 0 Å². The smallest absolute Gasteiger partial charge is 0.256 e. The Hall–Kier alpha value is -2.63. The maximum Gasteiger partial charge on any atom is 0.256 e. The fourth-order valence-electron chi connectivity index (χ4n) is 1.84. The van der Waals surface area contributed by atoms with E-state index in [4.69, 9.17) is 0 Å². The second-order valence-corrected chi connectivity index (χ2v) is 3.94. The average molecular weight is 243 g/mol. The molecule has 1 aromatic heterocycles. The molecule has 2 heterocycles. The van der Waals surface area contributed by atoms with E-state index in [1.54, 1.807) is 24.3 Å². The van der Waals surface area contributed by atoms with E-state index in [1.165, 1.54) is 6.26 Å². The van der Waals surface area contributed by atoms with Crippen LogP contribution in [0.1, 0.15) is 15.9 Å². The van der Waals surface area contributed by atoms with Gasteiger partial charge in [-0.1, -0.05) is 5.16 Å². The molecule has 2 N–H and O–H groups in total. The fraction of sp³-hybridized carbons (Fsp3) is 0.0833. The standard InChI is InChI=1S/C12H9N3O3/c16-11-6-8-5-7(1-2-9(8)13-11)12(17)14-10-3-4-18-15-10/h1-5H,6H2,(H,13,16)(H,14,15,17). The molecule has 0 bridgehead atoms. The number of carbonyl (C=O) groups is 2. The van der Waals surface area contributed by atoms with Crippen LogP contribution in [0.5, 0.6) is 0 Å². The molecule has 0 saturated carbocycles. The molecule has 2 amide bonds. The van der Waals surface area contributed by atoms with Crippen LogP contribution < -0.4 is 10.6 Å². The molecule has 0 atom stereocenters. The molecule has 0 aliphatic carbocycles. The van der Waals surface area contributed by atoms with Crippen molar-refractivity contribution in [1.29, 1.82) is 0 Å². The number of nitrogens with zero attached hydrogens (tertiary/aromatic N) is 1. The normalized spacial score (nSPS) is 13.0. The van der Waals surface area contributed by atoms with Crippen LogP contribution >= 0.6 is 0 Å². The number of hydrogen-bond acceptors (Lipinski definition) is 4. The van der Waals surface area contributed by atoms with Crippen molar-refractivity contribution in [2.24, 2.45) is 0 Å². The molecule has 3 rings (SSSR count). The van der Waals surface area contributed by atoms with Crippen molar-refractivity contribution in [2.75, 3.05) is 10.6 Å². The van der Waals surface area contributed by atoms with Gasteiger partial charge in [0.25, 0.3) is 5.91 Å². The molecule has 90 valence electrons. The average Bonchev–Trinajstić information content (AvgIpc) is 2.95. The minimum atomic E-state index is -0.286. The van der Waals surface area contributed by atoms with Gasteiger partial charge in [0.05, 0.1) is 6.42 Å². The summed E-state index contributed by atoms with van der Waals surface area (Å²) in [6.07, 6.45) is 1.68. The van der Waals surface area contributed by atoms with Gasteiger partial charge in [-0.3, -0.25) is 9.59 Å². The van der Waals surface area contributed by atoms with Gasteiger partial charge in [0.1, 0.15) is 6.26 Å². The Morgan fingerprint density at radius 2 is 2.28 bits per heavy atom. The molecule has 6 heteroatoms. The van der Waals surface area contributed by atoms with Gasteiger partial charge in [-0.25, -0.2) is 0 Å². The highest BCUT2D eigenvalue weighted by atomic mass is 16.5. The van der Waals surface area contributed by atoms with Crippen molar-refractivity contribution in [3.63, 3.8) is 0 Å². The predicted molar refractivity (Wildman–Crippen MR) is 63.2 cm³/mol. The summed E-state index contributed by atoms with van der Waals surface area (Å²) in [5, 5.41) is 8.90. The van der Waals surface area contributed by atoms with Crippen LogP contribution in [0.4, 0.5) is 11.5 Å². The molecular weight excluding hydrogens is 234 g/mol. The van der Waals surface area contributed by atoms with E-state index in [9.17, 15) is 9.59 Å². The van der Waals surface area contributed by atoms with Crippen LogP contribution in [0, 0.1) is 0 Å². The highest BCUT2D eigenvalue weighted by molar-refractivity contribution is 6.06. The number of rotatable bonds is 2. The van der Waals surface area contributed by atoms with Gasteiger partial charge in [-0.05, 0) is 23.8 Å². The summed E-state index contributed by atoms with van der Waals surface area (Å²) in [6.45, 7) is 0. The van der Waals surface area contributed by atoms with Gasteiger partial charge in [-0.2, -0.15) is 0 Å². The first-order valence-corrected chi connectivity index (χ1v) is 5.37. The first-order chi connectivity index (χ1) is 8.72. The summed E-state index contributed by atoms with van der Waals surface area (Å²) < 4.78 is 4.62. The Morgan fingerprint density at radius 3 is 3.06 bits per heavy atom. The van der Waals surface area contributed by atoms with Crippen molar-refractivity contribution in [2.45, 2.75) is 6.42 Å². The number of hydrogen-bond donors (Lipinski definition) is 2. The van der Waals surface area contributed by atoms with Gasteiger partial charge in [0, 0.05) is 17.3 Å². The highest BCUT2D eigenvalue weighted by Gasteiger charge is 2.19. The lowest BCUT2D eigenvalue weighted by Crippen LogP contribution is -2.12. The Morgan fingerprint density at radius 1 is 1.39 bits per heavy atom. The van der Waals surface area contributed by atoms with E-state index in [2.05, 4.69) is 20.3 Å². The molecule has 1 aliphatic heterocycles. The van der Waals surface area contributed by atoms with E-state index in [0.717, 1.165) is 11.3 Å². The molecule has 2 aromatic rings. The predicted octanol–water partition coefficient (Wildman–Crippen LogP) is 1.42. The van der Waals surface area contributed by atoms with Gasteiger partial charge < -0.3 is 15.2 Å². The van der Waals surface area contributed by atoms with Crippen molar-refractivity contribution < 1.29 is 14.1 Å². The van der Waals surface area contributed by atoms with Crippen LogP contribution in [0.2, 0.25) is 0 Å². The summed E-state index contributed by atoms with van der Waals surface area (Å²) in [5.41, 5.74) is 2.07. The zero-order chi connectivity index (χ0) is 12.5. The maximum absolute atomic E-state index is 11.9. The molecule has 0 radical (unpaired) electrons. The Balaban J connectivity index is 1.83. The van der Waals surface area contributed by atoms with Crippen LogP contribution in [-0.2, 0) is 11.2 Å². The lowest BCUT2D eigenvalue weighted by molar-refractivity contribution is -0.115. The van der Waals surface area contributed by atoms with Crippen LogP contribution in [0.15, 0.2) is 35.1 Å². The summed E-state index contributed by atoms with van der Waals surface area (Å²) in [7, 11) is 0. The quantitative estimate of drug-likeness (QED) is 0.835. The third kappa shape index (κ3) is 1.84. The van der Waals surface area contributed by atoms with Crippen molar-refractivity contribution in [1.82, 2.24) is 5.16 Å². The Labute approximate surface area is 102 Å². The Kier molecular flexibility index (Phi) is 2.33. The van der Waals surface area contributed by atoms with Gasteiger partial charge in [0.2, 0.25) is 5.91 Å². The number of anilines is 2. The van der Waals surface area contributed by atoms with E-state index in [0.29, 0.717) is 17.8 Å². The molecule has 0 spiro atoms. The topological polar surface area (TPSA) is 84.2 Å². The number of aromatic nitrogens is 1. The molecule has 18 heavy (non-hydrogen) atoms. The van der Waals surface area contributed by atoms with Gasteiger partial charge >= 0.3 is 0 Å². The molecular formula is C12H9N3O3. The van der Waals surface area contributed by atoms with E-state index in [1.807, 2.05) is 0 Å². The summed E-state index contributed by atoms with van der Waals surface area (Å²) in [5.74, 6) is 0.0137. The monoisotopic (exact) mass is 243 g/mol. The minimum absolute atomic E-state index is 0.0564. The van der Waals surface area contributed by atoms with Crippen LogP contribution in [0.3, 0.4) is 0 Å². The lowest BCUT2D eigenvalue weighted by Gasteiger charge is -2.03. The SMILES string of the molecule is O=C1Cc2cc(C(=O)Nc3ccon3)ccc2N1. The van der Waals surface area contributed by atoms with Gasteiger partial charge in [0.15, 0.2) is 5.82 Å². The number of nitrogens with one attached hydrogen (secondary N) is 2. The number of fused-ring (bicyclic) bond motifs is 1. The second-order valence-electron chi connectivity index (χ2n) is 3.94. The van der Waals surface area contributed by atoms with Crippen molar-refractivity contribution >= 4 is 23.3 Å². The second kappa shape index (κ2) is 3.99. The number of carbonyl (C=O) groups excluding carboxylic acids is 2. The third-order valence-electron chi connectivity index (χ3n) is 2.67. The first-order valence-electron chi connectivity index (χ1n) is 5.37. The maximum atomic E-state index is 11.9. The van der Waals surface area contributed by atoms with E-state index >= 15 is 0 Å². The largest absolute Gasteiger partial charge is 0.363 e. The minimum Gasteiger partial charge on any atom is -0.363 e. The molecule has 1 aliphatic rings. The third-order valence-corrected chi connectivity index (χ3v) is 2.67. The van der Waals surface area contributed by atoms with Crippen molar-refractivity contribution in [3.8, 4) is 0 Å². The molecule has 6 nitrogen and oxygen atoms in total. The zero-order valence-corrected chi connectivity index (χ0v) is 9.27. The highest BCUT2D eigenvalue weighted by Crippen LogP contribution is 2.24. The number of amides is 2. The fourth-order valence-corrected chi connectivity index (χ4v) is 1.84. The van der Waals surface area contributed by atoms with E-state index in [-0.39, 0.29) is 11.8 Å². The summed E-state index contributed by atoms with van der Waals surface area (Å²) in [6, 6.07) is 6.62. The van der Waals surface area contributed by atoms with Crippen LogP contribution in [0.25, 0.3) is 0 Å². The molecule has 1 aromatic carbocycles. The van der Waals surface area contributed by atoms with Crippen molar-refractivity contribution in [3.05, 3.63) is 41.7 Å². The molecule has 0 unspecified atom stereocenters. The number of benzene rings is 1. The lowest BCUT2D eigenvalue weighted by atomic mass is 10.1. The van der Waals surface area contributed by atoms with Crippen LogP contribution in [-0.4, -0.2) is 17.0 Å². The summed E-state index contributed by atoms with van der Waals surface area (Å²) >= 11 is 0. The summed E-state index contributed by atoms with van der Waals surface area (Å²) in [4.78, 5) is 23.1. The zero-order valence-electron chi connectivity index (χ0n) is 9.27.